The van der Waals surface area contributed by atoms with Crippen molar-refractivity contribution in [3.05, 3.63) is 23.0 Å². The summed E-state index contributed by atoms with van der Waals surface area (Å²) in [6, 6.07) is 0. The van der Waals surface area contributed by atoms with Crippen LogP contribution in [0.5, 0.6) is 0 Å². The van der Waals surface area contributed by atoms with Gasteiger partial charge < -0.3 is 9.64 Å². The number of ether oxygens (including phenoxy) is 1. The second-order valence-corrected chi connectivity index (χ2v) is 14.0. The van der Waals surface area contributed by atoms with Gasteiger partial charge >= 0.3 is 0 Å². The minimum atomic E-state index is 0.275. The first-order chi connectivity index (χ1) is 16.8. The number of fused-ring (bicyclic) bond motifs is 7. The lowest BCUT2D eigenvalue weighted by Crippen LogP contribution is -2.50. The van der Waals surface area contributed by atoms with E-state index in [4.69, 9.17) is 4.74 Å². The first-order valence-electron chi connectivity index (χ1n) is 15.1. The molecule has 4 fully saturated rings. The number of hydrogen-bond acceptors (Lipinski definition) is 3. The molecular weight excluding hydrogens is 430 g/mol. The Morgan fingerprint density at radius 2 is 1.94 bits per heavy atom. The van der Waals surface area contributed by atoms with Gasteiger partial charge in [-0.25, -0.2) is 0 Å². The molecule has 0 radical (unpaired) electrons. The fourth-order valence-electron chi connectivity index (χ4n) is 10.1. The molecule has 3 heteroatoms. The van der Waals surface area contributed by atoms with Crippen molar-refractivity contribution in [2.75, 3.05) is 19.6 Å². The van der Waals surface area contributed by atoms with Crippen molar-refractivity contribution in [1.82, 2.24) is 4.90 Å². The van der Waals surface area contributed by atoms with Crippen LogP contribution in [-0.4, -0.2) is 36.4 Å². The number of carbonyl (C=O) groups is 1. The molecule has 194 valence electrons. The Morgan fingerprint density at radius 3 is 2.74 bits per heavy atom. The SMILES string of the molecule is CC1=C(CC[C@@H](C)CN2CCCCC2)O[C@H]2C[C@H]3[C@@H]4CC=C5CC(=O)CC[C@]5(C)[C@H]4CC[C@]3(C)[C@@H]12. The van der Waals surface area contributed by atoms with E-state index in [1.807, 2.05) is 0 Å². The van der Waals surface area contributed by atoms with Crippen LogP contribution >= 0.6 is 0 Å². The van der Waals surface area contributed by atoms with E-state index in [1.54, 1.807) is 5.57 Å². The summed E-state index contributed by atoms with van der Waals surface area (Å²) in [6.07, 6.45) is 17.3. The topological polar surface area (TPSA) is 29.5 Å². The summed E-state index contributed by atoms with van der Waals surface area (Å²) in [6.45, 7) is 13.9. The number of carbonyl (C=O) groups excluding carboxylic acids is 1. The minimum absolute atomic E-state index is 0.275. The van der Waals surface area contributed by atoms with Crippen LogP contribution in [0.1, 0.15) is 105 Å². The fraction of sp³-hybridized carbons (Fsp3) is 0.844. The lowest BCUT2D eigenvalue weighted by Gasteiger charge is -2.57. The standard InChI is InChI=1S/C32H49NO2/c1-21(20-33-16-6-5-7-17-33)8-11-28-22(2)30-29(35-28)19-27-25-10-9-23-18-24(34)12-14-31(23,3)26(25)13-15-32(27,30)4/h9,21,25-27,29-30H,5-8,10-20H2,1-4H3/t21-,25-,26+,27+,29+,30+,31+,32+/m1/s1. The van der Waals surface area contributed by atoms with Crippen molar-refractivity contribution in [3.63, 3.8) is 0 Å². The largest absolute Gasteiger partial charge is 0.494 e. The van der Waals surface area contributed by atoms with Crippen molar-refractivity contribution < 1.29 is 9.53 Å². The van der Waals surface area contributed by atoms with E-state index in [0.717, 1.165) is 49.4 Å². The summed E-state index contributed by atoms with van der Waals surface area (Å²) in [5, 5.41) is 0. The number of Topliss-reactive ketones (excluding diaryl/α,β-unsaturated/α-hetero) is 1. The van der Waals surface area contributed by atoms with Gasteiger partial charge in [-0.1, -0.05) is 38.8 Å². The second kappa shape index (κ2) is 9.03. The van der Waals surface area contributed by atoms with Crippen molar-refractivity contribution in [3.8, 4) is 0 Å². The number of piperidine rings is 1. The Hall–Kier alpha value is -1.09. The molecule has 6 aliphatic rings. The molecular formula is C32H49NO2. The third kappa shape index (κ3) is 3.98. The van der Waals surface area contributed by atoms with Crippen LogP contribution in [0.3, 0.4) is 0 Å². The van der Waals surface area contributed by atoms with Crippen molar-refractivity contribution >= 4 is 5.78 Å². The van der Waals surface area contributed by atoms with Crippen molar-refractivity contribution in [1.29, 1.82) is 0 Å². The zero-order valence-corrected chi connectivity index (χ0v) is 22.9. The van der Waals surface area contributed by atoms with Crippen molar-refractivity contribution in [2.45, 2.75) is 111 Å². The third-order valence-corrected chi connectivity index (χ3v) is 12.0. The number of ketones is 1. The molecule has 0 aromatic rings. The van der Waals surface area contributed by atoms with E-state index in [0.29, 0.717) is 23.2 Å². The van der Waals surface area contributed by atoms with E-state index < -0.39 is 0 Å². The summed E-state index contributed by atoms with van der Waals surface area (Å²) >= 11 is 0. The second-order valence-electron chi connectivity index (χ2n) is 14.0. The van der Waals surface area contributed by atoms with Gasteiger partial charge in [-0.3, -0.25) is 4.79 Å². The first-order valence-corrected chi connectivity index (χ1v) is 15.1. The molecule has 1 saturated heterocycles. The quantitative estimate of drug-likeness (QED) is 0.387. The molecule has 0 aromatic carbocycles. The van der Waals surface area contributed by atoms with Crippen LogP contribution in [0.2, 0.25) is 0 Å². The molecule has 0 aromatic heterocycles. The molecule has 3 nitrogen and oxygen atoms in total. The maximum absolute atomic E-state index is 12.2. The van der Waals surface area contributed by atoms with Gasteiger partial charge in [0.2, 0.25) is 0 Å². The van der Waals surface area contributed by atoms with E-state index >= 15 is 0 Å². The molecule has 0 spiro atoms. The van der Waals surface area contributed by atoms with Gasteiger partial charge in [0, 0.05) is 31.7 Å². The van der Waals surface area contributed by atoms with Gasteiger partial charge in [0.1, 0.15) is 11.9 Å². The highest BCUT2D eigenvalue weighted by molar-refractivity contribution is 5.82. The highest BCUT2D eigenvalue weighted by Crippen LogP contribution is 2.68. The number of likely N-dealkylation sites (tertiary alicyclic amines) is 1. The van der Waals surface area contributed by atoms with Gasteiger partial charge in [0.25, 0.3) is 0 Å². The zero-order chi connectivity index (χ0) is 24.4. The summed E-state index contributed by atoms with van der Waals surface area (Å²) in [4.78, 5) is 14.9. The van der Waals surface area contributed by atoms with Crippen LogP contribution in [0.4, 0.5) is 0 Å². The average Bonchev–Trinajstić information content (AvgIpc) is 3.32. The zero-order valence-electron chi connectivity index (χ0n) is 22.9. The monoisotopic (exact) mass is 479 g/mol. The average molecular weight is 480 g/mol. The van der Waals surface area contributed by atoms with E-state index in [9.17, 15) is 4.79 Å². The molecule has 0 amide bonds. The number of allylic oxidation sites excluding steroid dienone is 3. The first kappa shape index (κ1) is 24.3. The molecule has 0 N–H and O–H groups in total. The highest BCUT2D eigenvalue weighted by atomic mass is 16.5. The summed E-state index contributed by atoms with van der Waals surface area (Å²) in [5.74, 6) is 5.54. The molecule has 4 aliphatic carbocycles. The highest BCUT2D eigenvalue weighted by Gasteiger charge is 2.63. The van der Waals surface area contributed by atoms with Crippen LogP contribution in [-0.2, 0) is 9.53 Å². The van der Waals surface area contributed by atoms with Gasteiger partial charge in [0.05, 0.1) is 5.76 Å². The lowest BCUT2D eigenvalue weighted by atomic mass is 9.47. The van der Waals surface area contributed by atoms with Gasteiger partial charge in [-0.2, -0.15) is 0 Å². The summed E-state index contributed by atoms with van der Waals surface area (Å²) < 4.78 is 6.83. The maximum atomic E-state index is 12.2. The van der Waals surface area contributed by atoms with Gasteiger partial charge in [-0.05, 0) is 111 Å². The van der Waals surface area contributed by atoms with Crippen LogP contribution < -0.4 is 0 Å². The molecule has 0 unspecified atom stereocenters. The molecule has 6 rings (SSSR count). The van der Waals surface area contributed by atoms with E-state index in [1.165, 1.54) is 82.3 Å². The Bertz CT molecular complexity index is 913. The van der Waals surface area contributed by atoms with Crippen LogP contribution in [0.25, 0.3) is 0 Å². The van der Waals surface area contributed by atoms with E-state index in [2.05, 4.69) is 38.7 Å². The van der Waals surface area contributed by atoms with Gasteiger partial charge in [-0.15, -0.1) is 0 Å². The Kier molecular flexibility index (Phi) is 6.26. The van der Waals surface area contributed by atoms with Crippen molar-refractivity contribution in [2.24, 2.45) is 40.4 Å². The third-order valence-electron chi connectivity index (χ3n) is 12.0. The Morgan fingerprint density at radius 1 is 1.14 bits per heavy atom. The number of hydrogen-bond donors (Lipinski definition) is 0. The maximum Gasteiger partial charge on any atom is 0.136 e. The molecule has 35 heavy (non-hydrogen) atoms. The molecule has 8 atom stereocenters. The Balaban J connectivity index is 1.14. The molecule has 3 saturated carbocycles. The Labute approximate surface area is 214 Å². The predicted octanol–water partition coefficient (Wildman–Crippen LogP) is 7.32. The van der Waals surface area contributed by atoms with Gasteiger partial charge in [0.15, 0.2) is 0 Å². The summed E-state index contributed by atoms with van der Waals surface area (Å²) in [7, 11) is 0. The number of nitrogens with zero attached hydrogens (tertiary/aromatic N) is 1. The molecule has 2 aliphatic heterocycles. The smallest absolute Gasteiger partial charge is 0.136 e. The van der Waals surface area contributed by atoms with Crippen LogP contribution in [0, 0.1) is 40.4 Å². The molecule has 0 bridgehead atoms. The predicted molar refractivity (Wildman–Crippen MR) is 142 cm³/mol. The molecule has 2 heterocycles. The minimum Gasteiger partial charge on any atom is -0.494 e. The lowest BCUT2D eigenvalue weighted by molar-refractivity contribution is -0.122. The van der Waals surface area contributed by atoms with Crippen LogP contribution in [0.15, 0.2) is 23.0 Å². The van der Waals surface area contributed by atoms with E-state index in [-0.39, 0.29) is 5.41 Å². The fourth-order valence-corrected chi connectivity index (χ4v) is 10.1. The normalized spacial score (nSPS) is 44.2. The summed E-state index contributed by atoms with van der Waals surface area (Å²) in [5.41, 5.74) is 3.76. The number of rotatable bonds is 5.